The highest BCUT2D eigenvalue weighted by Crippen LogP contribution is 2.33. The summed E-state index contributed by atoms with van der Waals surface area (Å²) >= 11 is 5.63. The number of ether oxygens (including phenoxy) is 1. The second-order valence-electron chi connectivity index (χ2n) is 3.99. The molecule has 0 unspecified atom stereocenters. The van der Waals surface area contributed by atoms with Crippen LogP contribution in [0.15, 0.2) is 36.4 Å². The summed E-state index contributed by atoms with van der Waals surface area (Å²) < 4.78 is 19.0. The van der Waals surface area contributed by atoms with Crippen molar-refractivity contribution in [3.05, 3.63) is 52.8 Å². The Morgan fingerprint density at radius 3 is 2.68 bits per heavy atom. The highest BCUT2D eigenvalue weighted by Gasteiger charge is 2.10. The van der Waals surface area contributed by atoms with Crippen LogP contribution in [0.5, 0.6) is 11.5 Å². The van der Waals surface area contributed by atoms with E-state index in [0.717, 1.165) is 11.6 Å². The molecule has 0 heterocycles. The molecule has 0 saturated heterocycles. The van der Waals surface area contributed by atoms with Crippen LogP contribution in [0.2, 0.25) is 5.02 Å². The average Bonchev–Trinajstić information content (AvgIpc) is 2.38. The Labute approximate surface area is 115 Å². The standard InChI is InChI=1S/C14H13ClFNO2/c15-10-7-12(17)14(8-11(10)16)19-13-4-2-1-3-9(13)5-6-18/h1-4,7-8,18H,5-6,17H2. The van der Waals surface area contributed by atoms with Crippen molar-refractivity contribution >= 4 is 17.3 Å². The molecular weight excluding hydrogens is 269 g/mol. The van der Waals surface area contributed by atoms with E-state index in [9.17, 15) is 4.39 Å². The minimum atomic E-state index is -0.592. The molecule has 0 saturated carbocycles. The molecule has 2 aromatic carbocycles. The van der Waals surface area contributed by atoms with Crippen LogP contribution < -0.4 is 10.5 Å². The Kier molecular flexibility index (Phi) is 4.24. The summed E-state index contributed by atoms with van der Waals surface area (Å²) in [6.45, 7) is 0.00480. The molecule has 3 N–H and O–H groups in total. The van der Waals surface area contributed by atoms with Gasteiger partial charge in [0.25, 0.3) is 0 Å². The van der Waals surface area contributed by atoms with E-state index in [1.165, 1.54) is 6.07 Å². The van der Waals surface area contributed by atoms with Gasteiger partial charge in [-0.2, -0.15) is 0 Å². The molecule has 0 bridgehead atoms. The van der Waals surface area contributed by atoms with Crippen molar-refractivity contribution < 1.29 is 14.2 Å². The molecule has 0 aromatic heterocycles. The zero-order valence-electron chi connectivity index (χ0n) is 10.1. The van der Waals surface area contributed by atoms with Gasteiger partial charge < -0.3 is 15.6 Å². The molecule has 5 heteroatoms. The van der Waals surface area contributed by atoms with Gasteiger partial charge in [-0.15, -0.1) is 0 Å². The number of nitrogens with two attached hydrogens (primary N) is 1. The molecule has 0 radical (unpaired) electrons. The second kappa shape index (κ2) is 5.91. The van der Waals surface area contributed by atoms with E-state index in [2.05, 4.69) is 0 Å². The van der Waals surface area contributed by atoms with Gasteiger partial charge in [-0.05, 0) is 24.1 Å². The minimum absolute atomic E-state index is 0.00480. The first-order valence-electron chi connectivity index (χ1n) is 5.73. The van der Waals surface area contributed by atoms with Crippen molar-refractivity contribution in [2.24, 2.45) is 0 Å². The molecular formula is C14H13ClFNO2. The third kappa shape index (κ3) is 3.16. The lowest BCUT2D eigenvalue weighted by molar-refractivity contribution is 0.298. The molecule has 3 nitrogen and oxygen atoms in total. The molecule has 0 amide bonds. The first-order valence-corrected chi connectivity index (χ1v) is 6.10. The molecule has 0 aliphatic heterocycles. The van der Waals surface area contributed by atoms with Crippen LogP contribution in [0, 0.1) is 5.82 Å². The number of aliphatic hydroxyl groups excluding tert-OH is 1. The Bertz CT molecular complexity index is 590. The van der Waals surface area contributed by atoms with Crippen LogP contribution in [0.1, 0.15) is 5.56 Å². The van der Waals surface area contributed by atoms with Gasteiger partial charge >= 0.3 is 0 Å². The predicted octanol–water partition coefficient (Wildman–Crippen LogP) is 3.39. The number of rotatable bonds is 4. The predicted molar refractivity (Wildman–Crippen MR) is 73.1 cm³/mol. The first-order chi connectivity index (χ1) is 9.11. The number of para-hydroxylation sites is 1. The van der Waals surface area contributed by atoms with Crippen molar-refractivity contribution in [2.75, 3.05) is 12.3 Å². The van der Waals surface area contributed by atoms with Crippen molar-refractivity contribution in [2.45, 2.75) is 6.42 Å². The van der Waals surface area contributed by atoms with E-state index in [4.69, 9.17) is 27.2 Å². The van der Waals surface area contributed by atoms with Crippen LogP contribution >= 0.6 is 11.6 Å². The highest BCUT2D eigenvalue weighted by molar-refractivity contribution is 6.31. The molecule has 100 valence electrons. The van der Waals surface area contributed by atoms with Gasteiger partial charge in [0.15, 0.2) is 5.75 Å². The summed E-state index contributed by atoms with van der Waals surface area (Å²) in [5, 5.41) is 8.94. The zero-order valence-corrected chi connectivity index (χ0v) is 10.8. The van der Waals surface area contributed by atoms with E-state index < -0.39 is 5.82 Å². The molecule has 19 heavy (non-hydrogen) atoms. The normalized spacial score (nSPS) is 10.5. The Morgan fingerprint density at radius 1 is 1.21 bits per heavy atom. The smallest absolute Gasteiger partial charge is 0.153 e. The summed E-state index contributed by atoms with van der Waals surface area (Å²) in [6, 6.07) is 9.64. The fourth-order valence-electron chi connectivity index (χ4n) is 1.68. The number of nitrogen functional groups attached to an aromatic ring is 1. The summed E-state index contributed by atoms with van der Waals surface area (Å²) in [6.07, 6.45) is 0.451. The van der Waals surface area contributed by atoms with Gasteiger partial charge in [0.2, 0.25) is 0 Å². The van der Waals surface area contributed by atoms with Crippen LogP contribution in [0.3, 0.4) is 0 Å². The quantitative estimate of drug-likeness (QED) is 0.845. The van der Waals surface area contributed by atoms with E-state index in [1.807, 2.05) is 12.1 Å². The van der Waals surface area contributed by atoms with Crippen LogP contribution in [0.25, 0.3) is 0 Å². The summed E-state index contributed by atoms with van der Waals surface area (Å²) in [7, 11) is 0. The van der Waals surface area contributed by atoms with Gasteiger partial charge in [-0.1, -0.05) is 29.8 Å². The minimum Gasteiger partial charge on any atom is -0.455 e. The fourth-order valence-corrected chi connectivity index (χ4v) is 1.85. The number of hydrogen-bond donors (Lipinski definition) is 2. The lowest BCUT2D eigenvalue weighted by Gasteiger charge is -2.12. The monoisotopic (exact) mass is 281 g/mol. The third-order valence-electron chi connectivity index (χ3n) is 2.63. The maximum atomic E-state index is 13.4. The molecule has 0 spiro atoms. The number of halogens is 2. The Hall–Kier alpha value is -1.78. The zero-order chi connectivity index (χ0) is 13.8. The van der Waals surface area contributed by atoms with Gasteiger partial charge in [0.05, 0.1) is 10.7 Å². The third-order valence-corrected chi connectivity index (χ3v) is 2.92. The lowest BCUT2D eigenvalue weighted by Crippen LogP contribution is -1.98. The highest BCUT2D eigenvalue weighted by atomic mass is 35.5. The first kappa shape index (κ1) is 13.6. The molecule has 2 aromatic rings. The van der Waals surface area contributed by atoms with Crippen molar-refractivity contribution in [3.8, 4) is 11.5 Å². The van der Waals surface area contributed by atoms with E-state index in [0.29, 0.717) is 12.2 Å². The largest absolute Gasteiger partial charge is 0.455 e. The molecule has 0 aliphatic carbocycles. The van der Waals surface area contributed by atoms with Crippen LogP contribution in [-0.4, -0.2) is 11.7 Å². The maximum absolute atomic E-state index is 13.4. The lowest BCUT2D eigenvalue weighted by atomic mass is 10.1. The van der Waals surface area contributed by atoms with Crippen LogP contribution in [0.4, 0.5) is 10.1 Å². The summed E-state index contributed by atoms with van der Waals surface area (Å²) in [4.78, 5) is 0. The SMILES string of the molecule is Nc1cc(Cl)c(F)cc1Oc1ccccc1CCO. The van der Waals surface area contributed by atoms with Gasteiger partial charge in [-0.25, -0.2) is 4.39 Å². The van der Waals surface area contributed by atoms with E-state index in [-0.39, 0.29) is 23.1 Å². The summed E-state index contributed by atoms with van der Waals surface area (Å²) in [5.41, 5.74) is 6.81. The Balaban J connectivity index is 2.33. The number of anilines is 1. The van der Waals surface area contributed by atoms with E-state index in [1.54, 1.807) is 12.1 Å². The number of aliphatic hydroxyl groups is 1. The number of hydrogen-bond acceptors (Lipinski definition) is 3. The fraction of sp³-hybridized carbons (Fsp3) is 0.143. The van der Waals surface area contributed by atoms with Gasteiger partial charge in [0.1, 0.15) is 11.6 Å². The molecule has 0 fully saturated rings. The van der Waals surface area contributed by atoms with Crippen LogP contribution in [-0.2, 0) is 6.42 Å². The van der Waals surface area contributed by atoms with Gasteiger partial charge in [-0.3, -0.25) is 0 Å². The topological polar surface area (TPSA) is 55.5 Å². The van der Waals surface area contributed by atoms with Gasteiger partial charge in [0, 0.05) is 12.7 Å². The Morgan fingerprint density at radius 2 is 1.95 bits per heavy atom. The van der Waals surface area contributed by atoms with Crippen molar-refractivity contribution in [1.82, 2.24) is 0 Å². The maximum Gasteiger partial charge on any atom is 0.153 e. The number of benzene rings is 2. The average molecular weight is 282 g/mol. The molecule has 0 aliphatic rings. The summed E-state index contributed by atoms with van der Waals surface area (Å²) in [5.74, 6) is 0.141. The van der Waals surface area contributed by atoms with Crippen molar-refractivity contribution in [1.29, 1.82) is 0 Å². The molecule has 2 rings (SSSR count). The molecule has 0 atom stereocenters. The second-order valence-corrected chi connectivity index (χ2v) is 4.39. The van der Waals surface area contributed by atoms with E-state index >= 15 is 0 Å². The van der Waals surface area contributed by atoms with Crippen molar-refractivity contribution in [3.63, 3.8) is 0 Å².